The predicted octanol–water partition coefficient (Wildman–Crippen LogP) is -1.08. The van der Waals surface area contributed by atoms with E-state index in [0.29, 0.717) is 0 Å². The van der Waals surface area contributed by atoms with Crippen LogP contribution in [0.15, 0.2) is 0 Å². The highest BCUT2D eigenvalue weighted by Crippen LogP contribution is 2.02. The molecule has 2 atom stereocenters. The van der Waals surface area contributed by atoms with Crippen molar-refractivity contribution in [1.29, 1.82) is 0 Å². The summed E-state index contributed by atoms with van der Waals surface area (Å²) in [6, 6.07) is -1.09. The molecule has 0 aromatic heterocycles. The Balaban J connectivity index is 4.23. The fourth-order valence-corrected chi connectivity index (χ4v) is 1.35. The molecule has 0 aromatic carbocycles. The highest BCUT2D eigenvalue weighted by Gasteiger charge is 2.24. The summed E-state index contributed by atoms with van der Waals surface area (Å²) in [6.07, 6.45) is 0. The number of aliphatic carboxylic acids is 1. The van der Waals surface area contributed by atoms with E-state index in [1.807, 2.05) is 0 Å². The Morgan fingerprint density at radius 1 is 1.58 bits per heavy atom. The fourth-order valence-electron chi connectivity index (χ4n) is 0.571. The molecule has 4 N–H and O–H groups in total. The minimum atomic E-state index is -4.19. The van der Waals surface area contributed by atoms with Crippen LogP contribution in [-0.4, -0.2) is 35.8 Å². The summed E-state index contributed by atoms with van der Waals surface area (Å²) in [5.41, 5.74) is 5.18. The summed E-state index contributed by atoms with van der Waals surface area (Å²) in [7, 11) is -4.19. The first-order valence-corrected chi connectivity index (χ1v) is 4.78. The van der Waals surface area contributed by atoms with Crippen LogP contribution in [0.25, 0.3) is 0 Å². The van der Waals surface area contributed by atoms with Crippen molar-refractivity contribution in [2.24, 2.45) is 11.7 Å². The van der Waals surface area contributed by atoms with E-state index >= 15 is 0 Å². The third kappa shape index (κ3) is 4.27. The minimum absolute atomic E-state index is 0.736. The molecule has 7 heteroatoms. The van der Waals surface area contributed by atoms with Gasteiger partial charge in [-0.25, -0.2) is 0 Å². The Labute approximate surface area is 70.1 Å². The second-order valence-corrected chi connectivity index (χ2v) is 4.04. The van der Waals surface area contributed by atoms with E-state index in [-0.39, 0.29) is 0 Å². The van der Waals surface area contributed by atoms with Gasteiger partial charge in [-0.1, -0.05) is 6.92 Å². The zero-order chi connectivity index (χ0) is 9.94. The Morgan fingerprint density at radius 3 is 2.25 bits per heavy atom. The molecule has 0 spiro atoms. The van der Waals surface area contributed by atoms with Crippen molar-refractivity contribution in [2.45, 2.75) is 13.0 Å². The van der Waals surface area contributed by atoms with E-state index in [9.17, 15) is 13.2 Å². The summed E-state index contributed by atoms with van der Waals surface area (Å²) >= 11 is 0. The van der Waals surface area contributed by atoms with E-state index in [0.717, 1.165) is 0 Å². The van der Waals surface area contributed by atoms with Crippen LogP contribution < -0.4 is 5.73 Å². The van der Waals surface area contributed by atoms with E-state index < -0.39 is 33.8 Å². The molecule has 0 heterocycles. The molecule has 0 saturated heterocycles. The number of carboxylic acid groups (broad SMARTS) is 1. The van der Waals surface area contributed by atoms with Gasteiger partial charge >= 0.3 is 5.97 Å². The largest absolute Gasteiger partial charge is 0.481 e. The lowest BCUT2D eigenvalue weighted by Gasteiger charge is -2.13. The molecule has 0 aliphatic heterocycles. The standard InChI is InChI=1S/C5H11NO5S/c1-3(5(7)8)4(6)2-12(9,10)11/h3-4H,2,6H2,1H3,(H,7,8)(H,9,10,11). The van der Waals surface area contributed by atoms with Crippen LogP contribution in [0.5, 0.6) is 0 Å². The first kappa shape index (κ1) is 11.3. The molecule has 0 rings (SSSR count). The Kier molecular flexibility index (Phi) is 3.62. The molecule has 0 amide bonds. The van der Waals surface area contributed by atoms with E-state index in [4.69, 9.17) is 15.4 Å². The number of nitrogens with two attached hydrogens (primary N) is 1. The topological polar surface area (TPSA) is 118 Å². The van der Waals surface area contributed by atoms with Crippen LogP contribution >= 0.6 is 0 Å². The lowest BCUT2D eigenvalue weighted by Crippen LogP contribution is -2.39. The number of carbonyl (C=O) groups is 1. The van der Waals surface area contributed by atoms with Crippen LogP contribution in [0.4, 0.5) is 0 Å². The molecule has 0 radical (unpaired) electrons. The third-order valence-electron chi connectivity index (χ3n) is 1.43. The Bertz CT molecular complexity index is 259. The van der Waals surface area contributed by atoms with Crippen molar-refractivity contribution < 1.29 is 22.9 Å². The van der Waals surface area contributed by atoms with E-state index in [1.54, 1.807) is 0 Å². The molecule has 2 unspecified atom stereocenters. The molecule has 0 saturated carbocycles. The van der Waals surface area contributed by atoms with Crippen molar-refractivity contribution >= 4 is 16.1 Å². The monoisotopic (exact) mass is 197 g/mol. The van der Waals surface area contributed by atoms with Gasteiger partial charge in [0.15, 0.2) is 0 Å². The maximum absolute atomic E-state index is 10.3. The Morgan fingerprint density at radius 2 is 2.00 bits per heavy atom. The zero-order valence-corrected chi connectivity index (χ0v) is 7.28. The third-order valence-corrected chi connectivity index (χ3v) is 2.24. The molecular formula is C5H11NO5S. The van der Waals surface area contributed by atoms with E-state index in [2.05, 4.69) is 0 Å². The normalized spacial score (nSPS) is 16.9. The molecular weight excluding hydrogens is 186 g/mol. The van der Waals surface area contributed by atoms with Crippen LogP contribution in [0.2, 0.25) is 0 Å². The maximum Gasteiger partial charge on any atom is 0.307 e. The van der Waals surface area contributed by atoms with Gasteiger partial charge in [-0.3, -0.25) is 9.35 Å². The predicted molar refractivity (Wildman–Crippen MR) is 41.2 cm³/mol. The van der Waals surface area contributed by atoms with Gasteiger partial charge in [0.1, 0.15) is 0 Å². The SMILES string of the molecule is CC(C(=O)O)C(N)CS(=O)(=O)O. The van der Waals surface area contributed by atoms with Gasteiger partial charge < -0.3 is 10.8 Å². The molecule has 0 bridgehead atoms. The summed E-state index contributed by atoms with van der Waals surface area (Å²) < 4.78 is 28.8. The van der Waals surface area contributed by atoms with Crippen molar-refractivity contribution in [2.75, 3.05) is 5.75 Å². The summed E-state index contributed by atoms with van der Waals surface area (Å²) in [5, 5.41) is 8.39. The first-order chi connectivity index (χ1) is 5.24. The van der Waals surface area contributed by atoms with Gasteiger partial charge in [0.25, 0.3) is 10.1 Å². The molecule has 0 aliphatic rings. The van der Waals surface area contributed by atoms with Crippen LogP contribution in [-0.2, 0) is 14.9 Å². The molecule has 0 aliphatic carbocycles. The number of hydrogen-bond acceptors (Lipinski definition) is 4. The highest BCUT2D eigenvalue weighted by atomic mass is 32.2. The minimum Gasteiger partial charge on any atom is -0.481 e. The molecule has 0 fully saturated rings. The van der Waals surface area contributed by atoms with E-state index in [1.165, 1.54) is 6.92 Å². The quantitative estimate of drug-likeness (QED) is 0.493. The lowest BCUT2D eigenvalue weighted by atomic mass is 10.1. The smallest absolute Gasteiger partial charge is 0.307 e. The van der Waals surface area contributed by atoms with Gasteiger partial charge in [0.2, 0.25) is 0 Å². The van der Waals surface area contributed by atoms with Crippen molar-refractivity contribution in [1.82, 2.24) is 0 Å². The second kappa shape index (κ2) is 3.83. The van der Waals surface area contributed by atoms with Gasteiger partial charge in [-0.05, 0) is 0 Å². The molecule has 12 heavy (non-hydrogen) atoms. The van der Waals surface area contributed by atoms with Crippen molar-refractivity contribution in [3.8, 4) is 0 Å². The fraction of sp³-hybridized carbons (Fsp3) is 0.800. The number of carboxylic acids is 1. The van der Waals surface area contributed by atoms with Crippen molar-refractivity contribution in [3.05, 3.63) is 0 Å². The molecule has 6 nitrogen and oxygen atoms in total. The summed E-state index contributed by atoms with van der Waals surface area (Å²) in [5.74, 6) is -2.92. The van der Waals surface area contributed by atoms with Gasteiger partial charge in [0.05, 0.1) is 11.7 Å². The molecule has 0 aromatic rings. The summed E-state index contributed by atoms with van der Waals surface area (Å²) in [6.45, 7) is 1.28. The highest BCUT2D eigenvalue weighted by molar-refractivity contribution is 7.85. The lowest BCUT2D eigenvalue weighted by molar-refractivity contribution is -0.141. The van der Waals surface area contributed by atoms with Crippen molar-refractivity contribution in [3.63, 3.8) is 0 Å². The first-order valence-electron chi connectivity index (χ1n) is 3.17. The zero-order valence-electron chi connectivity index (χ0n) is 6.47. The number of hydrogen-bond donors (Lipinski definition) is 3. The van der Waals surface area contributed by atoms with Gasteiger partial charge in [0, 0.05) is 6.04 Å². The van der Waals surface area contributed by atoms with Gasteiger partial charge in [-0.2, -0.15) is 8.42 Å². The second-order valence-electron chi connectivity index (χ2n) is 2.54. The average molecular weight is 197 g/mol. The van der Waals surface area contributed by atoms with Crippen LogP contribution in [0.3, 0.4) is 0 Å². The Hall–Kier alpha value is -0.660. The summed E-state index contributed by atoms with van der Waals surface area (Å²) in [4.78, 5) is 10.3. The molecule has 72 valence electrons. The maximum atomic E-state index is 10.3. The number of rotatable bonds is 4. The van der Waals surface area contributed by atoms with Gasteiger partial charge in [-0.15, -0.1) is 0 Å². The van der Waals surface area contributed by atoms with Crippen LogP contribution in [0.1, 0.15) is 6.92 Å². The average Bonchev–Trinajstić information content (AvgIpc) is 1.82. The van der Waals surface area contributed by atoms with Crippen LogP contribution in [0, 0.1) is 5.92 Å².